The van der Waals surface area contributed by atoms with Crippen molar-refractivity contribution in [1.82, 2.24) is 35.9 Å². The Kier molecular flexibility index (Phi) is 29.2. The first kappa shape index (κ1) is 72.8. The number of fused-ring (bicyclic) bond motifs is 6. The topological polar surface area (TPSA) is 290 Å². The second-order valence-corrected chi connectivity index (χ2v) is 23.0. The molecule has 1 aromatic heterocycles. The van der Waals surface area contributed by atoms with Gasteiger partial charge in [0.25, 0.3) is 0 Å². The first-order valence-corrected chi connectivity index (χ1v) is 30.8. The predicted octanol–water partition coefficient (Wildman–Crippen LogP) is 3.85. The number of nitrogens with zero attached hydrogens (tertiary/aromatic N) is 4. The van der Waals surface area contributed by atoms with Gasteiger partial charge in [-0.25, -0.2) is 14.6 Å². The van der Waals surface area contributed by atoms with E-state index in [4.69, 9.17) is 63.7 Å². The number of benzene rings is 2. The largest absolute Gasteiger partial charge is 0.495 e. The van der Waals surface area contributed by atoms with Crippen LogP contribution >= 0.6 is 11.6 Å². The van der Waals surface area contributed by atoms with E-state index in [1.165, 1.54) is 38.0 Å². The number of halogens is 1. The molecule has 1 unspecified atom stereocenters. The first-order chi connectivity index (χ1) is 43.1. The maximum absolute atomic E-state index is 14.3. The summed E-state index contributed by atoms with van der Waals surface area (Å²) >= 11 is 6.82. The number of hydrazine groups is 1. The highest BCUT2D eigenvalue weighted by molar-refractivity contribution is 6.35. The van der Waals surface area contributed by atoms with Gasteiger partial charge in [-0.15, -0.1) is 0 Å². The summed E-state index contributed by atoms with van der Waals surface area (Å²) in [5, 5.41) is 23.1. The lowest BCUT2D eigenvalue weighted by atomic mass is 9.83. The molecule has 8 atom stereocenters. The Bertz CT molecular complexity index is 2910. The van der Waals surface area contributed by atoms with Crippen LogP contribution in [0.4, 0.5) is 10.5 Å². The molecule has 0 spiro atoms. The van der Waals surface area contributed by atoms with Crippen LogP contribution in [0.15, 0.2) is 66.3 Å². The van der Waals surface area contributed by atoms with E-state index < -0.39 is 65.7 Å². The average Bonchev–Trinajstić information content (AvgIpc) is 1.58. The number of amides is 5. The molecule has 2 fully saturated rings. The average molecular weight is 1290 g/mol. The van der Waals surface area contributed by atoms with Crippen LogP contribution in [-0.2, 0) is 90.9 Å². The Morgan fingerprint density at radius 3 is 2.14 bits per heavy atom. The van der Waals surface area contributed by atoms with Crippen molar-refractivity contribution < 1.29 is 86.0 Å². The lowest BCUT2D eigenvalue weighted by molar-refractivity contribution is -0.162. The number of rotatable bonds is 34. The van der Waals surface area contributed by atoms with Gasteiger partial charge in [-0.3, -0.25) is 29.9 Å². The Balaban J connectivity index is 0.814. The summed E-state index contributed by atoms with van der Waals surface area (Å²) in [5.41, 5.74) is 4.14. The molecule has 26 nitrogen and oxygen atoms in total. The van der Waals surface area contributed by atoms with Crippen molar-refractivity contribution >= 4 is 63.9 Å². The number of aromatic nitrogens is 1. The van der Waals surface area contributed by atoms with E-state index >= 15 is 0 Å². The number of para-hydroxylation sites is 1. The van der Waals surface area contributed by atoms with Crippen LogP contribution in [0.2, 0.25) is 5.02 Å². The van der Waals surface area contributed by atoms with Gasteiger partial charge in [0, 0.05) is 71.3 Å². The van der Waals surface area contributed by atoms with E-state index in [0.29, 0.717) is 97.0 Å². The second-order valence-electron chi connectivity index (χ2n) is 22.6. The van der Waals surface area contributed by atoms with Crippen LogP contribution in [0.3, 0.4) is 0 Å². The zero-order chi connectivity index (χ0) is 65.4. The summed E-state index contributed by atoms with van der Waals surface area (Å²) in [7, 11) is 9.74. The van der Waals surface area contributed by atoms with Gasteiger partial charge in [0.05, 0.1) is 124 Å². The Labute approximate surface area is 532 Å². The van der Waals surface area contributed by atoms with Gasteiger partial charge in [0.1, 0.15) is 40.7 Å². The fourth-order valence-corrected chi connectivity index (χ4v) is 10.9. The Hall–Kier alpha value is -6.27. The molecule has 3 aliphatic heterocycles. The molecule has 5 N–H and O–H groups in total. The molecule has 4 heterocycles. The van der Waals surface area contributed by atoms with Crippen molar-refractivity contribution in [2.75, 3.05) is 140 Å². The number of epoxide rings is 1. The number of carbonyl (C=O) groups excluding carboxylic acids is 6. The fourth-order valence-electron chi connectivity index (χ4n) is 10.5. The SMILES string of the molecule is CNN(C)Cc1cc2ccccc2n1CCC(=O)NCC(=O)NCCOCCOCCOCCOCCOCCOCCC(=O)N(C)[C@@H](C)C(=O)O[C@H]1CC(=O)N(C)c2cc(cc(OC)c2Cl)C/C(C)=C/C=C/[C@@H](OC)[C@@]2(O)C[C@H](OC(=O)N2)[C@@H](C)C2O[C@]21C. The summed E-state index contributed by atoms with van der Waals surface area (Å²) in [6, 6.07) is 12.6. The third-order valence-electron chi connectivity index (χ3n) is 16.1. The molecular formula is C63H93ClN8O18. The van der Waals surface area contributed by atoms with Crippen LogP contribution in [0.25, 0.3) is 10.9 Å². The number of anilines is 1. The second kappa shape index (κ2) is 36.1. The van der Waals surface area contributed by atoms with Gasteiger partial charge < -0.3 is 82.2 Å². The maximum Gasteiger partial charge on any atom is 0.409 e. The number of likely N-dealkylation sites (N-methyl/N-ethyl adjacent to an activating group) is 1. The first-order valence-electron chi connectivity index (χ1n) is 30.4. The fraction of sp³-hybridized carbons (Fsp3) is 0.619. The normalized spacial score (nSPS) is 23.2. The number of hydrogen-bond donors (Lipinski definition) is 5. The Morgan fingerprint density at radius 2 is 1.51 bits per heavy atom. The molecule has 3 aromatic rings. The number of aliphatic hydroxyl groups is 1. The molecule has 90 heavy (non-hydrogen) atoms. The maximum atomic E-state index is 14.3. The molecule has 500 valence electrons. The van der Waals surface area contributed by atoms with E-state index in [0.717, 1.165) is 27.7 Å². The number of methoxy groups -OCH3 is 2. The zero-order valence-corrected chi connectivity index (χ0v) is 54.4. The van der Waals surface area contributed by atoms with Gasteiger partial charge in [-0.1, -0.05) is 60.5 Å². The molecule has 0 saturated carbocycles. The van der Waals surface area contributed by atoms with Crippen molar-refractivity contribution in [2.24, 2.45) is 5.92 Å². The minimum Gasteiger partial charge on any atom is -0.495 e. The number of carbonyl (C=O) groups is 6. The molecule has 6 rings (SSSR count). The number of hydrogen-bond acceptors (Lipinski definition) is 20. The molecule has 4 bridgehead atoms. The molecule has 27 heteroatoms. The van der Waals surface area contributed by atoms with Gasteiger partial charge in [0.2, 0.25) is 23.6 Å². The number of alkyl carbamates (subject to hydrolysis) is 1. The molecule has 5 amide bonds. The Morgan fingerprint density at radius 1 is 0.878 bits per heavy atom. The van der Waals surface area contributed by atoms with Crippen molar-refractivity contribution in [2.45, 2.75) is 115 Å². The summed E-state index contributed by atoms with van der Waals surface area (Å²) in [5.74, 6) is -2.39. The van der Waals surface area contributed by atoms with Crippen LogP contribution in [-0.4, -0.2) is 232 Å². The minimum atomic E-state index is -1.87. The van der Waals surface area contributed by atoms with Crippen molar-refractivity contribution in [3.63, 3.8) is 0 Å². The third-order valence-corrected chi connectivity index (χ3v) is 16.5. The van der Waals surface area contributed by atoms with Crippen LogP contribution in [0.5, 0.6) is 5.75 Å². The van der Waals surface area contributed by atoms with E-state index in [9.17, 15) is 33.9 Å². The minimum absolute atomic E-state index is 0.0406. The highest BCUT2D eigenvalue weighted by atomic mass is 35.5. The van der Waals surface area contributed by atoms with Gasteiger partial charge in [-0.2, -0.15) is 0 Å². The summed E-state index contributed by atoms with van der Waals surface area (Å²) < 4.78 is 65.0. The van der Waals surface area contributed by atoms with Crippen molar-refractivity contribution in [3.05, 3.63) is 82.5 Å². The zero-order valence-electron chi connectivity index (χ0n) is 53.6. The summed E-state index contributed by atoms with van der Waals surface area (Å²) in [6.07, 6.45) is 0.754. The number of ether oxygens (including phenoxy) is 11. The van der Waals surface area contributed by atoms with Crippen molar-refractivity contribution in [3.8, 4) is 5.75 Å². The van der Waals surface area contributed by atoms with E-state index in [2.05, 4.69) is 38.1 Å². The van der Waals surface area contributed by atoms with Crippen LogP contribution in [0, 0.1) is 5.92 Å². The number of aryl methyl sites for hydroxylation is 1. The molecule has 2 saturated heterocycles. The monoisotopic (exact) mass is 1280 g/mol. The van der Waals surface area contributed by atoms with Crippen molar-refractivity contribution in [1.29, 1.82) is 0 Å². The van der Waals surface area contributed by atoms with Crippen LogP contribution < -0.4 is 31.0 Å². The summed E-state index contributed by atoms with van der Waals surface area (Å²) in [4.78, 5) is 82.3. The van der Waals surface area contributed by atoms with E-state index in [1.807, 2.05) is 50.3 Å². The van der Waals surface area contributed by atoms with Gasteiger partial charge >= 0.3 is 12.1 Å². The number of nitrogens with one attached hydrogen (secondary N) is 4. The van der Waals surface area contributed by atoms with E-state index in [-0.39, 0.29) is 74.8 Å². The summed E-state index contributed by atoms with van der Waals surface area (Å²) in [6.45, 7) is 11.9. The molecule has 3 aliphatic rings. The highest BCUT2D eigenvalue weighted by Crippen LogP contribution is 2.49. The standard InChI is InChI=1S/C63H93ClN8O18/c1-42-14-13-17-52(81-10)63(79)39-51(88-61(78)68-63)43(2)59-62(4,90-59)53(38-57(76)71(8)49-35-45(34-42)36-50(80-9)58(49)64)89-60(77)44(3)70(7)56(75)19-22-82-24-26-84-28-30-86-32-33-87-31-29-85-27-25-83-23-20-66-55(74)40-67-54(73)18-21-72-47(41-69(6)65-5)37-46-15-11-12-16-48(46)72/h11-17,35-37,43-44,51-53,59,65,79H,18-34,38-41H2,1-10H3,(H,66,74)(H,67,73)(H,68,78)/b17-13+,42-14+/t43-,44+,51+,52-,53+,59?,62+,63+/m1/s1. The van der Waals surface area contributed by atoms with Gasteiger partial charge in [-0.05, 0) is 69.5 Å². The molecule has 0 radical (unpaired) electrons. The predicted molar refractivity (Wildman–Crippen MR) is 334 cm³/mol. The quantitative estimate of drug-likeness (QED) is 0.0246. The molecule has 0 aliphatic carbocycles. The van der Waals surface area contributed by atoms with E-state index in [1.54, 1.807) is 45.2 Å². The highest BCUT2D eigenvalue weighted by Gasteiger charge is 2.64. The lowest BCUT2D eigenvalue weighted by Gasteiger charge is -2.42. The van der Waals surface area contributed by atoms with Gasteiger partial charge in [0.15, 0.2) is 5.72 Å². The number of esters is 1. The van der Waals surface area contributed by atoms with Crippen LogP contribution in [0.1, 0.15) is 64.6 Å². The molecular weight excluding hydrogens is 1190 g/mol. The smallest absolute Gasteiger partial charge is 0.409 e. The number of allylic oxidation sites excluding steroid dienone is 3. The third kappa shape index (κ3) is 21.4. The molecule has 2 aromatic carbocycles. The lowest BCUT2D eigenvalue weighted by Crippen LogP contribution is -2.63.